The fourth-order valence-corrected chi connectivity index (χ4v) is 1.70. The predicted octanol–water partition coefficient (Wildman–Crippen LogP) is -0.210. The molecule has 1 N–H and O–H groups in total. The monoisotopic (exact) mass is 286 g/mol. The number of rotatable bonds is 5. The lowest BCUT2D eigenvalue weighted by Gasteiger charge is -2.08. The van der Waals surface area contributed by atoms with Crippen molar-refractivity contribution in [1.29, 1.82) is 5.26 Å². The van der Waals surface area contributed by atoms with E-state index in [-0.39, 0.29) is 11.4 Å². The third-order valence-corrected chi connectivity index (χ3v) is 2.60. The number of carbonyl (C=O) groups is 1. The van der Waals surface area contributed by atoms with Gasteiger partial charge in [-0.05, 0) is 6.42 Å². The molecule has 19 heavy (non-hydrogen) atoms. The van der Waals surface area contributed by atoms with Gasteiger partial charge in [0, 0.05) is 13.2 Å². The van der Waals surface area contributed by atoms with Gasteiger partial charge in [-0.3, -0.25) is 9.48 Å². The van der Waals surface area contributed by atoms with Crippen LogP contribution in [0.25, 0.3) is 0 Å². The maximum Gasteiger partial charge on any atom is 0.307 e. The smallest absolute Gasteiger partial charge is 0.307 e. The molecule has 9 heteroatoms. The molecule has 1 atom stereocenters. The molecule has 0 aliphatic rings. The summed E-state index contributed by atoms with van der Waals surface area (Å²) in [4.78, 5) is 11.9. The van der Waals surface area contributed by atoms with Crippen LogP contribution in [0.2, 0.25) is 0 Å². The van der Waals surface area contributed by atoms with E-state index in [0.29, 0.717) is 6.42 Å². The van der Waals surface area contributed by atoms with Crippen molar-refractivity contribution in [3.8, 4) is 11.9 Å². The Hall–Kier alpha value is -2.08. The Labute approximate surface area is 111 Å². The SMILES string of the molecule is CCC(C#N)NC(=O)c1cn(C)nc1OS(C)(=O)=O. The Morgan fingerprint density at radius 3 is 2.79 bits per heavy atom. The van der Waals surface area contributed by atoms with Crippen LogP contribution in [0.5, 0.6) is 5.88 Å². The number of carbonyl (C=O) groups excluding carboxylic acids is 1. The second-order valence-corrected chi connectivity index (χ2v) is 5.45. The van der Waals surface area contributed by atoms with Crippen LogP contribution >= 0.6 is 0 Å². The quantitative estimate of drug-likeness (QED) is 0.749. The number of nitrogens with one attached hydrogen (secondary N) is 1. The summed E-state index contributed by atoms with van der Waals surface area (Å²) >= 11 is 0. The average molecular weight is 286 g/mol. The summed E-state index contributed by atoms with van der Waals surface area (Å²) in [5.41, 5.74) is -0.0402. The van der Waals surface area contributed by atoms with Gasteiger partial charge in [-0.25, -0.2) is 0 Å². The van der Waals surface area contributed by atoms with Gasteiger partial charge in [0.05, 0.1) is 12.3 Å². The van der Waals surface area contributed by atoms with Gasteiger partial charge in [0.2, 0.25) is 0 Å². The van der Waals surface area contributed by atoms with Gasteiger partial charge >= 0.3 is 10.1 Å². The van der Waals surface area contributed by atoms with Gasteiger partial charge in [-0.2, -0.15) is 13.7 Å². The van der Waals surface area contributed by atoms with Gasteiger partial charge in [-0.1, -0.05) is 6.92 Å². The largest absolute Gasteiger partial charge is 0.359 e. The van der Waals surface area contributed by atoms with E-state index in [9.17, 15) is 13.2 Å². The standard InChI is InChI=1S/C10H14N4O4S/c1-4-7(5-11)12-9(15)8-6-14(2)13-10(8)18-19(3,16)17/h6-7H,4H2,1-3H3,(H,12,15). The third-order valence-electron chi connectivity index (χ3n) is 2.14. The second kappa shape index (κ2) is 5.71. The lowest BCUT2D eigenvalue weighted by Crippen LogP contribution is -2.33. The zero-order valence-corrected chi connectivity index (χ0v) is 11.6. The van der Waals surface area contributed by atoms with E-state index < -0.39 is 22.1 Å². The average Bonchev–Trinajstić information content (AvgIpc) is 2.64. The number of nitrogens with zero attached hydrogens (tertiary/aromatic N) is 3. The van der Waals surface area contributed by atoms with E-state index in [1.165, 1.54) is 17.9 Å². The molecule has 1 heterocycles. The molecule has 0 fully saturated rings. The zero-order valence-electron chi connectivity index (χ0n) is 10.7. The summed E-state index contributed by atoms with van der Waals surface area (Å²) in [5, 5.41) is 15.0. The molecule has 0 bridgehead atoms. The highest BCUT2D eigenvalue weighted by atomic mass is 32.2. The molecular weight excluding hydrogens is 272 g/mol. The Bertz CT molecular complexity index is 614. The molecule has 104 valence electrons. The molecule has 1 amide bonds. The highest BCUT2D eigenvalue weighted by Gasteiger charge is 2.22. The minimum atomic E-state index is -3.78. The van der Waals surface area contributed by atoms with E-state index in [2.05, 4.69) is 14.6 Å². The molecular formula is C10H14N4O4S. The van der Waals surface area contributed by atoms with Crippen molar-refractivity contribution >= 4 is 16.0 Å². The van der Waals surface area contributed by atoms with Crippen LogP contribution in [-0.2, 0) is 17.2 Å². The van der Waals surface area contributed by atoms with Crippen LogP contribution in [0, 0.1) is 11.3 Å². The number of aryl methyl sites for hydroxylation is 1. The summed E-state index contributed by atoms with van der Waals surface area (Å²) in [6.07, 6.45) is 2.61. The highest BCUT2D eigenvalue weighted by molar-refractivity contribution is 7.86. The molecule has 0 aliphatic heterocycles. The molecule has 1 unspecified atom stereocenters. The summed E-state index contributed by atoms with van der Waals surface area (Å²) in [7, 11) is -2.26. The zero-order chi connectivity index (χ0) is 14.6. The van der Waals surface area contributed by atoms with Crippen molar-refractivity contribution in [3.05, 3.63) is 11.8 Å². The molecule has 0 saturated heterocycles. The van der Waals surface area contributed by atoms with Crippen molar-refractivity contribution in [2.45, 2.75) is 19.4 Å². The lowest BCUT2D eigenvalue weighted by atomic mass is 10.2. The Morgan fingerprint density at radius 2 is 2.32 bits per heavy atom. The maximum absolute atomic E-state index is 11.9. The summed E-state index contributed by atoms with van der Waals surface area (Å²) in [5.74, 6) is -0.921. The normalized spacial score (nSPS) is 12.5. The Kier molecular flexibility index (Phi) is 4.50. The van der Waals surface area contributed by atoms with Crippen LogP contribution in [0.3, 0.4) is 0 Å². The van der Waals surface area contributed by atoms with E-state index in [1.54, 1.807) is 6.92 Å². The number of nitriles is 1. The first-order valence-corrected chi connectivity index (χ1v) is 7.22. The van der Waals surface area contributed by atoms with Crippen LogP contribution in [0.4, 0.5) is 0 Å². The van der Waals surface area contributed by atoms with Crippen LogP contribution < -0.4 is 9.50 Å². The Balaban J connectivity index is 3.01. The first kappa shape index (κ1) is 15.0. The van der Waals surface area contributed by atoms with E-state index >= 15 is 0 Å². The van der Waals surface area contributed by atoms with Gasteiger partial charge in [0.25, 0.3) is 11.8 Å². The molecule has 1 aromatic rings. The molecule has 0 saturated carbocycles. The molecule has 8 nitrogen and oxygen atoms in total. The first-order valence-electron chi connectivity index (χ1n) is 5.40. The number of amides is 1. The molecule has 1 rings (SSSR count). The third kappa shape index (κ3) is 4.26. The van der Waals surface area contributed by atoms with E-state index in [1.807, 2.05) is 6.07 Å². The van der Waals surface area contributed by atoms with Crippen molar-refractivity contribution in [1.82, 2.24) is 15.1 Å². The topological polar surface area (TPSA) is 114 Å². The first-order chi connectivity index (χ1) is 8.76. The predicted molar refractivity (Wildman–Crippen MR) is 65.8 cm³/mol. The second-order valence-electron chi connectivity index (χ2n) is 3.87. The van der Waals surface area contributed by atoms with Gasteiger partial charge in [-0.15, -0.1) is 5.10 Å². The van der Waals surface area contributed by atoms with Crippen molar-refractivity contribution in [3.63, 3.8) is 0 Å². The van der Waals surface area contributed by atoms with Crippen molar-refractivity contribution < 1.29 is 17.4 Å². The van der Waals surface area contributed by atoms with Crippen LogP contribution in [0.15, 0.2) is 6.20 Å². The van der Waals surface area contributed by atoms with Gasteiger partial charge in [0.1, 0.15) is 11.6 Å². The van der Waals surface area contributed by atoms with Gasteiger partial charge < -0.3 is 9.50 Å². The molecule has 0 radical (unpaired) electrons. The molecule has 0 aliphatic carbocycles. The molecule has 1 aromatic heterocycles. The maximum atomic E-state index is 11.9. The molecule has 0 aromatic carbocycles. The number of hydrogen-bond acceptors (Lipinski definition) is 6. The summed E-state index contributed by atoms with van der Waals surface area (Å²) in [6, 6.07) is 1.25. The number of aromatic nitrogens is 2. The summed E-state index contributed by atoms with van der Waals surface area (Å²) in [6.45, 7) is 1.74. The Morgan fingerprint density at radius 1 is 1.68 bits per heavy atom. The number of hydrogen-bond donors (Lipinski definition) is 1. The van der Waals surface area contributed by atoms with Gasteiger partial charge in [0.15, 0.2) is 0 Å². The van der Waals surface area contributed by atoms with E-state index in [4.69, 9.17) is 5.26 Å². The van der Waals surface area contributed by atoms with E-state index in [0.717, 1.165) is 6.26 Å². The van der Waals surface area contributed by atoms with Crippen LogP contribution in [-0.4, -0.2) is 36.4 Å². The van der Waals surface area contributed by atoms with Crippen LogP contribution in [0.1, 0.15) is 23.7 Å². The van der Waals surface area contributed by atoms with Crippen molar-refractivity contribution in [2.24, 2.45) is 7.05 Å². The minimum Gasteiger partial charge on any atom is -0.359 e. The minimum absolute atomic E-state index is 0.0402. The lowest BCUT2D eigenvalue weighted by molar-refractivity contribution is 0.0943. The summed E-state index contributed by atoms with van der Waals surface area (Å²) < 4.78 is 28.0. The fraction of sp³-hybridized carbons (Fsp3) is 0.500. The van der Waals surface area contributed by atoms with Crippen molar-refractivity contribution in [2.75, 3.05) is 6.26 Å². The fourth-order valence-electron chi connectivity index (χ4n) is 1.29. The molecule has 0 spiro atoms. The highest BCUT2D eigenvalue weighted by Crippen LogP contribution is 2.17.